The number of fused-ring (bicyclic) bond motifs is 1. The summed E-state index contributed by atoms with van der Waals surface area (Å²) < 4.78 is 7.83. The fourth-order valence-electron chi connectivity index (χ4n) is 3.62. The molecule has 6 nitrogen and oxygen atoms in total. The number of hydrogen-bond acceptors (Lipinski definition) is 5. The SMILES string of the molecule is CCn1cc(/C=C/C(=O)NCC2Cc3cc(-c4ccc(C(C)=O)s4)cc(Cl)c3O2)c(C)n1. The number of amides is 1. The molecule has 1 N–H and O–H groups in total. The van der Waals surface area contributed by atoms with Crippen LogP contribution in [0.15, 0.2) is 36.5 Å². The largest absolute Gasteiger partial charge is 0.486 e. The molecule has 0 aliphatic carbocycles. The van der Waals surface area contributed by atoms with E-state index in [-0.39, 0.29) is 17.8 Å². The van der Waals surface area contributed by atoms with Gasteiger partial charge in [-0.3, -0.25) is 14.3 Å². The summed E-state index contributed by atoms with van der Waals surface area (Å²) in [7, 11) is 0. The second kappa shape index (κ2) is 9.30. The molecule has 4 rings (SSSR count). The zero-order valence-electron chi connectivity index (χ0n) is 18.1. The minimum Gasteiger partial charge on any atom is -0.486 e. The quantitative estimate of drug-likeness (QED) is 0.393. The Hall–Kier alpha value is -2.90. The van der Waals surface area contributed by atoms with Crippen LogP contribution in [0.4, 0.5) is 0 Å². The molecule has 0 saturated heterocycles. The average Bonchev–Trinajstić information content (AvgIpc) is 3.48. The number of Topliss-reactive ketones (excluding diaryl/α,β-unsaturated/α-hetero) is 1. The first-order chi connectivity index (χ1) is 15.3. The average molecular weight is 470 g/mol. The van der Waals surface area contributed by atoms with Gasteiger partial charge in [0.2, 0.25) is 5.91 Å². The molecule has 1 aromatic carbocycles. The molecule has 1 aliphatic heterocycles. The van der Waals surface area contributed by atoms with Gasteiger partial charge in [-0.2, -0.15) is 5.10 Å². The molecule has 1 atom stereocenters. The van der Waals surface area contributed by atoms with Crippen molar-refractivity contribution in [1.82, 2.24) is 15.1 Å². The lowest BCUT2D eigenvalue weighted by Crippen LogP contribution is -2.33. The van der Waals surface area contributed by atoms with Crippen molar-refractivity contribution in [1.29, 1.82) is 0 Å². The normalized spacial score (nSPS) is 15.1. The van der Waals surface area contributed by atoms with E-state index >= 15 is 0 Å². The van der Waals surface area contributed by atoms with Gasteiger partial charge in [0, 0.05) is 41.2 Å². The number of halogens is 1. The number of ether oxygens (including phenoxy) is 1. The van der Waals surface area contributed by atoms with Crippen molar-refractivity contribution in [3.05, 3.63) is 63.3 Å². The van der Waals surface area contributed by atoms with Gasteiger partial charge in [-0.05, 0) is 56.7 Å². The highest BCUT2D eigenvalue weighted by molar-refractivity contribution is 7.17. The number of aryl methyl sites for hydroxylation is 2. The third kappa shape index (κ3) is 4.79. The first-order valence-electron chi connectivity index (χ1n) is 10.4. The Bertz CT molecular complexity index is 1210. The fraction of sp³-hybridized carbons (Fsp3) is 0.292. The van der Waals surface area contributed by atoms with Crippen LogP contribution in [0.2, 0.25) is 5.02 Å². The Kier molecular flexibility index (Phi) is 6.48. The molecule has 2 aromatic heterocycles. The van der Waals surface area contributed by atoms with E-state index in [2.05, 4.69) is 10.4 Å². The number of benzene rings is 1. The Morgan fingerprint density at radius 1 is 1.38 bits per heavy atom. The van der Waals surface area contributed by atoms with Crippen molar-refractivity contribution in [3.8, 4) is 16.2 Å². The van der Waals surface area contributed by atoms with Gasteiger partial charge in [0.15, 0.2) is 5.78 Å². The number of ketones is 1. The number of nitrogens with one attached hydrogen (secondary N) is 1. The van der Waals surface area contributed by atoms with Gasteiger partial charge >= 0.3 is 0 Å². The molecule has 0 spiro atoms. The molecule has 3 aromatic rings. The maximum Gasteiger partial charge on any atom is 0.244 e. The van der Waals surface area contributed by atoms with Crippen LogP contribution < -0.4 is 10.1 Å². The van der Waals surface area contributed by atoms with Gasteiger partial charge in [0.05, 0.1) is 22.1 Å². The van der Waals surface area contributed by atoms with Crippen molar-refractivity contribution in [3.63, 3.8) is 0 Å². The highest BCUT2D eigenvalue weighted by Gasteiger charge is 2.26. The number of thiophene rings is 1. The summed E-state index contributed by atoms with van der Waals surface area (Å²) >= 11 is 7.93. The van der Waals surface area contributed by atoms with Gasteiger partial charge in [0.25, 0.3) is 0 Å². The molecule has 1 aliphatic rings. The summed E-state index contributed by atoms with van der Waals surface area (Å²) in [6, 6.07) is 7.68. The summed E-state index contributed by atoms with van der Waals surface area (Å²) in [5.74, 6) is 0.530. The van der Waals surface area contributed by atoms with Crippen molar-refractivity contribution < 1.29 is 14.3 Å². The van der Waals surface area contributed by atoms with Crippen LogP contribution in [-0.2, 0) is 17.8 Å². The van der Waals surface area contributed by atoms with Crippen LogP contribution in [-0.4, -0.2) is 34.1 Å². The third-order valence-corrected chi connectivity index (χ3v) is 6.83. The molecule has 0 radical (unpaired) electrons. The predicted molar refractivity (Wildman–Crippen MR) is 128 cm³/mol. The second-order valence-corrected chi connectivity index (χ2v) is 9.21. The number of aromatic nitrogens is 2. The van der Waals surface area contributed by atoms with Gasteiger partial charge in [-0.1, -0.05) is 11.6 Å². The minimum atomic E-state index is -0.185. The first kappa shape index (κ1) is 22.3. The standard InChI is InChI=1S/C24H24ClN3O3S/c1-4-28-13-16(14(2)27-28)5-8-23(30)26-12-19-10-18-9-17(11-20(25)24(18)31-19)22-7-6-21(32-22)15(3)29/h5-9,11,13,19H,4,10,12H2,1-3H3,(H,26,30)/b8-5+. The minimum absolute atomic E-state index is 0.0519. The lowest BCUT2D eigenvalue weighted by molar-refractivity contribution is -0.116. The van der Waals surface area contributed by atoms with Gasteiger partial charge in [-0.25, -0.2) is 0 Å². The summed E-state index contributed by atoms with van der Waals surface area (Å²) in [5.41, 5.74) is 3.78. The summed E-state index contributed by atoms with van der Waals surface area (Å²) in [6.07, 6.45) is 5.67. The van der Waals surface area contributed by atoms with E-state index < -0.39 is 0 Å². The fourth-order valence-corrected chi connectivity index (χ4v) is 4.80. The van der Waals surface area contributed by atoms with E-state index in [4.69, 9.17) is 16.3 Å². The summed E-state index contributed by atoms with van der Waals surface area (Å²) in [6.45, 7) is 6.67. The van der Waals surface area contributed by atoms with Gasteiger partial charge < -0.3 is 10.1 Å². The lowest BCUT2D eigenvalue weighted by Gasteiger charge is -2.11. The number of carbonyl (C=O) groups excluding carboxylic acids is 2. The molecule has 0 fully saturated rings. The smallest absolute Gasteiger partial charge is 0.244 e. The van der Waals surface area contributed by atoms with E-state index in [1.54, 1.807) is 13.0 Å². The predicted octanol–water partition coefficient (Wildman–Crippen LogP) is 4.93. The van der Waals surface area contributed by atoms with Crippen LogP contribution in [0, 0.1) is 6.92 Å². The zero-order chi connectivity index (χ0) is 22.8. The number of nitrogens with zero attached hydrogens (tertiary/aromatic N) is 2. The molecule has 1 amide bonds. The van der Waals surface area contributed by atoms with Crippen molar-refractivity contribution in [2.45, 2.75) is 39.8 Å². The van der Waals surface area contributed by atoms with Gasteiger partial charge in [0.1, 0.15) is 11.9 Å². The molecule has 3 heterocycles. The van der Waals surface area contributed by atoms with Crippen molar-refractivity contribution in [2.24, 2.45) is 0 Å². The van der Waals surface area contributed by atoms with Crippen LogP contribution in [0.25, 0.3) is 16.5 Å². The number of carbonyl (C=O) groups is 2. The molecule has 0 saturated carbocycles. The first-order valence-corrected chi connectivity index (χ1v) is 11.6. The molecular weight excluding hydrogens is 446 g/mol. The van der Waals surface area contributed by atoms with Crippen LogP contribution >= 0.6 is 22.9 Å². The van der Waals surface area contributed by atoms with E-state index in [0.717, 1.165) is 38.7 Å². The highest BCUT2D eigenvalue weighted by atomic mass is 35.5. The van der Waals surface area contributed by atoms with Crippen LogP contribution in [0.5, 0.6) is 5.75 Å². The molecule has 166 valence electrons. The van der Waals surface area contributed by atoms with E-state index in [0.29, 0.717) is 23.7 Å². The number of rotatable bonds is 7. The topological polar surface area (TPSA) is 73.2 Å². The van der Waals surface area contributed by atoms with Crippen LogP contribution in [0.1, 0.15) is 40.3 Å². The maximum atomic E-state index is 12.3. The van der Waals surface area contributed by atoms with E-state index in [9.17, 15) is 9.59 Å². The molecule has 32 heavy (non-hydrogen) atoms. The van der Waals surface area contributed by atoms with Crippen LogP contribution in [0.3, 0.4) is 0 Å². The Balaban J connectivity index is 1.38. The number of hydrogen-bond donors (Lipinski definition) is 1. The molecule has 1 unspecified atom stereocenters. The van der Waals surface area contributed by atoms with E-state index in [1.807, 2.05) is 49.0 Å². The summed E-state index contributed by atoms with van der Waals surface area (Å²) in [4.78, 5) is 25.6. The Morgan fingerprint density at radius 3 is 2.88 bits per heavy atom. The summed E-state index contributed by atoms with van der Waals surface area (Å²) in [5, 5.41) is 7.80. The zero-order valence-corrected chi connectivity index (χ0v) is 19.7. The third-order valence-electron chi connectivity index (χ3n) is 5.32. The van der Waals surface area contributed by atoms with Crippen molar-refractivity contribution in [2.75, 3.05) is 6.54 Å². The molecule has 0 bridgehead atoms. The maximum absolute atomic E-state index is 12.3. The highest BCUT2D eigenvalue weighted by Crippen LogP contribution is 2.41. The van der Waals surface area contributed by atoms with Gasteiger partial charge in [-0.15, -0.1) is 11.3 Å². The monoisotopic (exact) mass is 469 g/mol. The van der Waals surface area contributed by atoms with Crippen molar-refractivity contribution >= 4 is 40.7 Å². The lowest BCUT2D eigenvalue weighted by atomic mass is 10.1. The van der Waals surface area contributed by atoms with E-state index in [1.165, 1.54) is 17.4 Å². The molecular formula is C24H24ClN3O3S. The Morgan fingerprint density at radius 2 is 2.19 bits per heavy atom. The molecule has 8 heteroatoms. The Labute approximate surface area is 195 Å². The second-order valence-electron chi connectivity index (χ2n) is 7.71.